The van der Waals surface area contributed by atoms with Gasteiger partial charge in [0, 0.05) is 31.4 Å². The van der Waals surface area contributed by atoms with Crippen molar-refractivity contribution in [2.45, 2.75) is 32.2 Å². The molecule has 2 atom stereocenters. The van der Waals surface area contributed by atoms with Gasteiger partial charge in [0.1, 0.15) is 0 Å². The molecule has 1 N–H and O–H groups in total. The summed E-state index contributed by atoms with van der Waals surface area (Å²) < 4.78 is 0. The summed E-state index contributed by atoms with van der Waals surface area (Å²) >= 11 is 0. The summed E-state index contributed by atoms with van der Waals surface area (Å²) in [6, 6.07) is 4.40. The minimum Gasteiger partial charge on any atom is -0.481 e. The molecule has 1 fully saturated rings. The Hall–Kier alpha value is -1.42. The van der Waals surface area contributed by atoms with E-state index in [0.717, 1.165) is 25.9 Å². The van der Waals surface area contributed by atoms with Gasteiger partial charge in [0.05, 0.1) is 0 Å². The average Bonchev–Trinajstić information content (AvgIpc) is 2.38. The third-order valence-corrected chi connectivity index (χ3v) is 3.75. The van der Waals surface area contributed by atoms with Gasteiger partial charge in [-0.05, 0) is 49.9 Å². The van der Waals surface area contributed by atoms with Gasteiger partial charge >= 0.3 is 5.97 Å². The summed E-state index contributed by atoms with van der Waals surface area (Å²) in [5.41, 5.74) is 1.25. The Kier molecular flexibility index (Phi) is 4.31. The van der Waals surface area contributed by atoms with Gasteiger partial charge in [0.25, 0.3) is 0 Å². The number of carboxylic acid groups (broad SMARTS) is 1. The van der Waals surface area contributed by atoms with Crippen LogP contribution in [0.1, 0.15) is 37.8 Å². The summed E-state index contributed by atoms with van der Waals surface area (Å²) in [5.74, 6) is -0.390. The summed E-state index contributed by atoms with van der Waals surface area (Å²) in [4.78, 5) is 17.2. The van der Waals surface area contributed by atoms with Crippen LogP contribution >= 0.6 is 0 Å². The van der Waals surface area contributed by atoms with E-state index < -0.39 is 5.97 Å². The first-order valence-electron chi connectivity index (χ1n) is 6.52. The minimum absolute atomic E-state index is 0.291. The van der Waals surface area contributed by atoms with Crippen LogP contribution < -0.4 is 0 Å². The molecule has 0 radical (unpaired) electrons. The molecule has 4 heteroatoms. The number of aromatic nitrogens is 1. The predicted molar refractivity (Wildman–Crippen MR) is 69.2 cm³/mol. The second-order valence-corrected chi connectivity index (χ2v) is 5.06. The maximum Gasteiger partial charge on any atom is 0.303 e. The molecule has 1 saturated heterocycles. The Bertz CT molecular complexity index is 394. The number of likely N-dealkylation sites (tertiary alicyclic amines) is 1. The van der Waals surface area contributed by atoms with Gasteiger partial charge in [-0.25, -0.2) is 0 Å². The molecule has 2 heterocycles. The molecule has 4 nitrogen and oxygen atoms in total. The minimum atomic E-state index is -0.682. The maximum absolute atomic E-state index is 10.8. The number of carbonyl (C=O) groups is 1. The molecule has 1 aliphatic rings. The maximum atomic E-state index is 10.8. The van der Waals surface area contributed by atoms with Gasteiger partial charge < -0.3 is 5.11 Å². The van der Waals surface area contributed by atoms with Crippen LogP contribution in [0, 0.1) is 5.92 Å². The number of nitrogens with zero attached hydrogens (tertiary/aromatic N) is 2. The van der Waals surface area contributed by atoms with Crippen LogP contribution in [0.15, 0.2) is 24.5 Å². The topological polar surface area (TPSA) is 53.4 Å². The van der Waals surface area contributed by atoms with E-state index in [2.05, 4.69) is 16.8 Å². The Morgan fingerprint density at radius 3 is 2.94 bits per heavy atom. The monoisotopic (exact) mass is 248 g/mol. The van der Waals surface area contributed by atoms with Crippen LogP contribution in [-0.2, 0) is 4.79 Å². The highest BCUT2D eigenvalue weighted by Crippen LogP contribution is 2.27. The number of carboxylic acids is 1. The zero-order valence-corrected chi connectivity index (χ0v) is 10.7. The summed E-state index contributed by atoms with van der Waals surface area (Å²) in [7, 11) is 0. The number of rotatable bonds is 4. The molecule has 0 aliphatic carbocycles. The van der Waals surface area contributed by atoms with E-state index in [1.54, 1.807) is 0 Å². The highest BCUT2D eigenvalue weighted by atomic mass is 16.4. The third kappa shape index (κ3) is 3.29. The van der Waals surface area contributed by atoms with Crippen molar-refractivity contribution in [2.75, 3.05) is 13.1 Å². The van der Waals surface area contributed by atoms with Crippen LogP contribution in [0.3, 0.4) is 0 Å². The second-order valence-electron chi connectivity index (χ2n) is 5.06. The molecule has 1 aromatic heterocycles. The van der Waals surface area contributed by atoms with Gasteiger partial charge in [-0.2, -0.15) is 0 Å². The lowest BCUT2D eigenvalue weighted by Gasteiger charge is -2.36. The zero-order chi connectivity index (χ0) is 13.0. The van der Waals surface area contributed by atoms with Gasteiger partial charge in [-0.1, -0.05) is 0 Å². The highest BCUT2D eigenvalue weighted by Gasteiger charge is 2.25. The molecule has 98 valence electrons. The molecule has 0 spiro atoms. The van der Waals surface area contributed by atoms with E-state index in [0.29, 0.717) is 18.4 Å². The molecule has 0 saturated carbocycles. The van der Waals surface area contributed by atoms with Crippen LogP contribution in [0.4, 0.5) is 0 Å². The van der Waals surface area contributed by atoms with E-state index in [9.17, 15) is 4.79 Å². The fourth-order valence-corrected chi connectivity index (χ4v) is 2.72. The average molecular weight is 248 g/mol. The van der Waals surface area contributed by atoms with Crippen molar-refractivity contribution in [1.29, 1.82) is 0 Å². The van der Waals surface area contributed by atoms with E-state index in [1.807, 2.05) is 24.5 Å². The normalized spacial score (nSPS) is 22.6. The Morgan fingerprint density at radius 2 is 2.28 bits per heavy atom. The lowest BCUT2D eigenvalue weighted by molar-refractivity contribution is -0.138. The molecule has 1 aromatic rings. The van der Waals surface area contributed by atoms with Gasteiger partial charge in [-0.3, -0.25) is 14.7 Å². The van der Waals surface area contributed by atoms with Crippen molar-refractivity contribution in [2.24, 2.45) is 5.92 Å². The molecule has 1 aliphatic heterocycles. The number of hydrogen-bond acceptors (Lipinski definition) is 3. The van der Waals surface area contributed by atoms with E-state index in [4.69, 9.17) is 5.11 Å². The molecule has 18 heavy (non-hydrogen) atoms. The number of pyridine rings is 1. The van der Waals surface area contributed by atoms with E-state index in [1.165, 1.54) is 5.56 Å². The Balaban J connectivity index is 1.98. The SMILES string of the molecule is CC(c1ccncc1)N1CCCC(CC(=O)O)C1. The van der Waals surface area contributed by atoms with Crippen LogP contribution in [0.5, 0.6) is 0 Å². The molecule has 2 unspecified atom stereocenters. The lowest BCUT2D eigenvalue weighted by atomic mass is 9.93. The molecule has 2 rings (SSSR count). The first kappa shape index (κ1) is 13.0. The van der Waals surface area contributed by atoms with E-state index >= 15 is 0 Å². The summed E-state index contributed by atoms with van der Waals surface area (Å²) in [6.45, 7) is 4.12. The number of hydrogen-bond donors (Lipinski definition) is 1. The van der Waals surface area contributed by atoms with Crippen molar-refractivity contribution >= 4 is 5.97 Å². The largest absolute Gasteiger partial charge is 0.481 e. The summed E-state index contributed by atoms with van der Waals surface area (Å²) in [5, 5.41) is 8.88. The van der Waals surface area contributed by atoms with Gasteiger partial charge in [0.2, 0.25) is 0 Å². The van der Waals surface area contributed by atoms with Crippen LogP contribution in [-0.4, -0.2) is 34.0 Å². The Labute approximate surface area is 108 Å². The number of aliphatic carboxylic acids is 1. The first-order valence-corrected chi connectivity index (χ1v) is 6.52. The van der Waals surface area contributed by atoms with Crippen molar-refractivity contribution in [3.05, 3.63) is 30.1 Å². The smallest absolute Gasteiger partial charge is 0.303 e. The third-order valence-electron chi connectivity index (χ3n) is 3.75. The first-order chi connectivity index (χ1) is 8.66. The molecular weight excluding hydrogens is 228 g/mol. The predicted octanol–water partition coefficient (Wildman–Crippen LogP) is 2.33. The van der Waals surface area contributed by atoms with Crippen molar-refractivity contribution in [1.82, 2.24) is 9.88 Å². The van der Waals surface area contributed by atoms with Gasteiger partial charge in [-0.15, -0.1) is 0 Å². The standard InChI is InChI=1S/C14H20N2O2/c1-11(13-4-6-15-7-5-13)16-8-2-3-12(10-16)9-14(17)18/h4-7,11-12H,2-3,8-10H2,1H3,(H,17,18). The molecule has 0 amide bonds. The highest BCUT2D eigenvalue weighted by molar-refractivity contribution is 5.67. The lowest BCUT2D eigenvalue weighted by Crippen LogP contribution is -2.37. The quantitative estimate of drug-likeness (QED) is 0.888. The zero-order valence-electron chi connectivity index (χ0n) is 10.7. The van der Waals surface area contributed by atoms with Gasteiger partial charge in [0.15, 0.2) is 0 Å². The fraction of sp³-hybridized carbons (Fsp3) is 0.571. The fourth-order valence-electron chi connectivity index (χ4n) is 2.72. The molecular formula is C14H20N2O2. The Morgan fingerprint density at radius 1 is 1.56 bits per heavy atom. The van der Waals surface area contributed by atoms with Crippen molar-refractivity contribution in [3.8, 4) is 0 Å². The number of piperidine rings is 1. The van der Waals surface area contributed by atoms with E-state index in [-0.39, 0.29) is 0 Å². The molecule has 0 aromatic carbocycles. The second kappa shape index (κ2) is 5.96. The molecule has 0 bridgehead atoms. The summed E-state index contributed by atoms with van der Waals surface area (Å²) in [6.07, 6.45) is 6.04. The van der Waals surface area contributed by atoms with Crippen LogP contribution in [0.25, 0.3) is 0 Å². The van der Waals surface area contributed by atoms with Crippen molar-refractivity contribution < 1.29 is 9.90 Å². The van der Waals surface area contributed by atoms with Crippen molar-refractivity contribution in [3.63, 3.8) is 0 Å². The van der Waals surface area contributed by atoms with Crippen LogP contribution in [0.2, 0.25) is 0 Å².